The second kappa shape index (κ2) is 6.72. The first kappa shape index (κ1) is 14.1. The van der Waals surface area contributed by atoms with Crippen LogP contribution in [0.1, 0.15) is 42.6 Å². The van der Waals surface area contributed by atoms with Crippen LogP contribution in [0.25, 0.3) is 0 Å². The number of piperidine rings is 1. The van der Waals surface area contributed by atoms with Crippen molar-refractivity contribution in [2.24, 2.45) is 0 Å². The van der Waals surface area contributed by atoms with E-state index >= 15 is 0 Å². The molecule has 1 aliphatic rings. The minimum absolute atomic E-state index is 0.261. The summed E-state index contributed by atoms with van der Waals surface area (Å²) < 4.78 is 10.5. The van der Waals surface area contributed by atoms with E-state index in [9.17, 15) is 0 Å². The third-order valence-corrected chi connectivity index (χ3v) is 3.89. The molecule has 21 heavy (non-hydrogen) atoms. The number of aromatic nitrogens is 2. The van der Waals surface area contributed by atoms with Crippen LogP contribution in [0.2, 0.25) is 0 Å². The van der Waals surface area contributed by atoms with Crippen molar-refractivity contribution in [3.63, 3.8) is 0 Å². The van der Waals surface area contributed by atoms with Crippen LogP contribution < -0.4 is 10.1 Å². The van der Waals surface area contributed by atoms with E-state index in [1.54, 1.807) is 7.11 Å². The molecule has 1 N–H and O–H groups in total. The zero-order valence-electron chi connectivity index (χ0n) is 12.3. The van der Waals surface area contributed by atoms with Crippen molar-refractivity contribution in [2.45, 2.75) is 38.1 Å². The molecule has 2 aromatic rings. The van der Waals surface area contributed by atoms with Crippen LogP contribution in [0.5, 0.6) is 5.75 Å². The molecule has 1 atom stereocenters. The molecule has 3 rings (SSSR count). The zero-order valence-corrected chi connectivity index (χ0v) is 12.3. The molecule has 1 aromatic heterocycles. The Morgan fingerprint density at radius 2 is 2.10 bits per heavy atom. The molecule has 0 aliphatic carbocycles. The lowest BCUT2D eigenvalue weighted by Gasteiger charge is -2.19. The molecule has 1 saturated heterocycles. The maximum Gasteiger partial charge on any atom is 0.227 e. The number of benzene rings is 1. The molecule has 0 spiro atoms. The fraction of sp³-hybridized carbons (Fsp3) is 0.500. The fourth-order valence-electron chi connectivity index (χ4n) is 2.63. The van der Waals surface area contributed by atoms with Gasteiger partial charge in [-0.3, -0.25) is 0 Å². The number of nitrogens with one attached hydrogen (secondary N) is 1. The predicted molar refractivity (Wildman–Crippen MR) is 79.3 cm³/mol. The van der Waals surface area contributed by atoms with E-state index in [-0.39, 0.29) is 6.04 Å². The van der Waals surface area contributed by atoms with Gasteiger partial charge in [0.15, 0.2) is 5.82 Å². The third kappa shape index (κ3) is 3.61. The second-order valence-electron chi connectivity index (χ2n) is 5.40. The molecule has 1 unspecified atom stereocenters. The highest BCUT2D eigenvalue weighted by Gasteiger charge is 2.20. The summed E-state index contributed by atoms with van der Waals surface area (Å²) in [5, 5.41) is 7.55. The summed E-state index contributed by atoms with van der Waals surface area (Å²) in [5.41, 5.74) is 1.24. The van der Waals surface area contributed by atoms with Crippen LogP contribution in [-0.4, -0.2) is 23.8 Å². The molecular weight excluding hydrogens is 266 g/mol. The van der Waals surface area contributed by atoms with Crippen molar-refractivity contribution in [1.82, 2.24) is 15.5 Å². The lowest BCUT2D eigenvalue weighted by atomic mass is 10.0. The molecule has 0 radical (unpaired) electrons. The predicted octanol–water partition coefficient (Wildman–Crippen LogP) is 2.68. The van der Waals surface area contributed by atoms with Crippen molar-refractivity contribution in [3.8, 4) is 5.75 Å². The zero-order chi connectivity index (χ0) is 14.5. The van der Waals surface area contributed by atoms with Crippen LogP contribution in [0.15, 0.2) is 28.8 Å². The number of hydrogen-bond donors (Lipinski definition) is 1. The SMILES string of the molecule is COc1ccc(CCc2nc(C3CCCCN3)no2)cc1. The molecule has 0 bridgehead atoms. The summed E-state index contributed by atoms with van der Waals surface area (Å²) in [4.78, 5) is 4.52. The Morgan fingerprint density at radius 1 is 1.24 bits per heavy atom. The first-order valence-corrected chi connectivity index (χ1v) is 7.54. The van der Waals surface area contributed by atoms with E-state index in [4.69, 9.17) is 9.26 Å². The largest absolute Gasteiger partial charge is 0.497 e. The van der Waals surface area contributed by atoms with Crippen LogP contribution in [0.3, 0.4) is 0 Å². The van der Waals surface area contributed by atoms with Crippen LogP contribution in [0.4, 0.5) is 0 Å². The van der Waals surface area contributed by atoms with Gasteiger partial charge in [-0.05, 0) is 43.5 Å². The maximum atomic E-state index is 5.36. The van der Waals surface area contributed by atoms with Gasteiger partial charge in [0.2, 0.25) is 5.89 Å². The smallest absolute Gasteiger partial charge is 0.227 e. The van der Waals surface area contributed by atoms with Crippen molar-refractivity contribution in [1.29, 1.82) is 0 Å². The van der Waals surface area contributed by atoms with Gasteiger partial charge in [0.05, 0.1) is 13.2 Å². The molecule has 1 aliphatic heterocycles. The van der Waals surface area contributed by atoms with Gasteiger partial charge >= 0.3 is 0 Å². The highest BCUT2D eigenvalue weighted by Crippen LogP contribution is 2.20. The summed E-state index contributed by atoms with van der Waals surface area (Å²) >= 11 is 0. The summed E-state index contributed by atoms with van der Waals surface area (Å²) in [6, 6.07) is 8.34. The standard InChI is InChI=1S/C16H21N3O2/c1-20-13-8-5-12(6-9-13)7-10-15-18-16(19-21-15)14-4-2-3-11-17-14/h5-6,8-9,14,17H,2-4,7,10-11H2,1H3. The molecular formula is C16H21N3O2. The van der Waals surface area contributed by atoms with E-state index in [1.165, 1.54) is 18.4 Å². The molecule has 1 fully saturated rings. The Balaban J connectivity index is 1.56. The van der Waals surface area contributed by atoms with Crippen molar-refractivity contribution in [3.05, 3.63) is 41.5 Å². The number of hydrogen-bond acceptors (Lipinski definition) is 5. The minimum atomic E-state index is 0.261. The topological polar surface area (TPSA) is 60.2 Å². The highest BCUT2D eigenvalue weighted by molar-refractivity contribution is 5.27. The molecule has 0 amide bonds. The van der Waals surface area contributed by atoms with Gasteiger partial charge in [-0.2, -0.15) is 4.98 Å². The Morgan fingerprint density at radius 3 is 2.81 bits per heavy atom. The van der Waals surface area contributed by atoms with Crippen LogP contribution in [0, 0.1) is 0 Å². The molecule has 5 heteroatoms. The first-order valence-electron chi connectivity index (χ1n) is 7.54. The summed E-state index contributed by atoms with van der Waals surface area (Å²) in [6.45, 7) is 1.04. The van der Waals surface area contributed by atoms with Gasteiger partial charge < -0.3 is 14.6 Å². The lowest BCUT2D eigenvalue weighted by molar-refractivity contribution is 0.348. The molecule has 112 valence electrons. The molecule has 1 aromatic carbocycles. The maximum absolute atomic E-state index is 5.36. The number of aryl methyl sites for hydroxylation is 2. The fourth-order valence-corrected chi connectivity index (χ4v) is 2.63. The summed E-state index contributed by atoms with van der Waals surface area (Å²) in [6.07, 6.45) is 5.22. The minimum Gasteiger partial charge on any atom is -0.497 e. The Kier molecular flexibility index (Phi) is 4.50. The van der Waals surface area contributed by atoms with E-state index in [0.29, 0.717) is 5.89 Å². The monoisotopic (exact) mass is 287 g/mol. The highest BCUT2D eigenvalue weighted by atomic mass is 16.5. The van der Waals surface area contributed by atoms with Crippen molar-refractivity contribution in [2.75, 3.05) is 13.7 Å². The van der Waals surface area contributed by atoms with Gasteiger partial charge in [0, 0.05) is 6.42 Å². The molecule has 5 nitrogen and oxygen atoms in total. The van der Waals surface area contributed by atoms with E-state index < -0.39 is 0 Å². The molecule has 2 heterocycles. The van der Waals surface area contributed by atoms with Gasteiger partial charge in [-0.25, -0.2) is 0 Å². The number of rotatable bonds is 5. The number of nitrogens with zero attached hydrogens (tertiary/aromatic N) is 2. The van der Waals surface area contributed by atoms with E-state index in [0.717, 1.165) is 37.4 Å². The van der Waals surface area contributed by atoms with Gasteiger partial charge in [0.1, 0.15) is 5.75 Å². The number of methoxy groups -OCH3 is 1. The summed E-state index contributed by atoms with van der Waals surface area (Å²) in [5.74, 6) is 2.40. The molecule has 0 saturated carbocycles. The first-order chi connectivity index (χ1) is 10.3. The Bertz CT molecular complexity index is 559. The Hall–Kier alpha value is -1.88. The van der Waals surface area contributed by atoms with Gasteiger partial charge in [-0.15, -0.1) is 0 Å². The van der Waals surface area contributed by atoms with E-state index in [2.05, 4.69) is 27.6 Å². The normalized spacial score (nSPS) is 18.6. The van der Waals surface area contributed by atoms with Crippen molar-refractivity contribution < 1.29 is 9.26 Å². The van der Waals surface area contributed by atoms with Crippen molar-refractivity contribution >= 4 is 0 Å². The van der Waals surface area contributed by atoms with E-state index in [1.807, 2.05) is 12.1 Å². The third-order valence-electron chi connectivity index (χ3n) is 3.89. The average molecular weight is 287 g/mol. The lowest BCUT2D eigenvalue weighted by Crippen LogP contribution is -2.27. The quantitative estimate of drug-likeness (QED) is 0.916. The van der Waals surface area contributed by atoms with Crippen LogP contribution in [-0.2, 0) is 12.8 Å². The average Bonchev–Trinajstić information content (AvgIpc) is 3.03. The number of ether oxygens (including phenoxy) is 1. The van der Waals surface area contributed by atoms with Crippen LogP contribution >= 0.6 is 0 Å². The summed E-state index contributed by atoms with van der Waals surface area (Å²) in [7, 11) is 1.67. The second-order valence-corrected chi connectivity index (χ2v) is 5.40. The van der Waals surface area contributed by atoms with Gasteiger partial charge in [0.25, 0.3) is 0 Å². The van der Waals surface area contributed by atoms with Gasteiger partial charge in [-0.1, -0.05) is 23.7 Å². The Labute approximate surface area is 124 Å².